The van der Waals surface area contributed by atoms with E-state index in [-0.39, 0.29) is 98.7 Å². The number of carbonyl (C=O) groups is 6. The maximum absolute atomic E-state index is 10.3. The van der Waals surface area contributed by atoms with Crippen LogP contribution < -0.4 is 0 Å². The minimum atomic E-state index is -2.74. The Morgan fingerprint density at radius 2 is 0.600 bits per heavy atom. The number of aliphatic carboxylic acids is 6. The van der Waals surface area contributed by atoms with Crippen LogP contribution in [0.2, 0.25) is 0 Å². The maximum atomic E-state index is 10.3. The topological polar surface area (TPSA) is 264 Å². The van der Waals surface area contributed by atoms with E-state index in [9.17, 15) is 28.8 Å². The molecule has 0 saturated carbocycles. The molecule has 0 bridgehead atoms. The van der Waals surface area contributed by atoms with Gasteiger partial charge in [-0.2, -0.15) is 0 Å². The summed E-state index contributed by atoms with van der Waals surface area (Å²) in [7, 11) is 0. The Balaban J connectivity index is -0.0000000847. The summed E-state index contributed by atoms with van der Waals surface area (Å²) in [5.41, 5.74) is -5.48. The van der Waals surface area contributed by atoms with Crippen LogP contribution in [0.15, 0.2) is 0 Å². The minimum absolute atomic E-state index is 0. The summed E-state index contributed by atoms with van der Waals surface area (Å²) in [6.07, 6.45) is -4.58. The van der Waals surface area contributed by atoms with Crippen LogP contribution in [0.25, 0.3) is 0 Å². The standard InChI is InChI=1S/2C6H8O7.3Mg.Na.7H/c2*7-3(8)1-6(13,5(11)12)2-4(9)10;;;;;;;;;;;/h2*13H,1-2H2,(H,7,8)(H,9,10)(H,11,12);;;;;;;;;;;. The summed E-state index contributed by atoms with van der Waals surface area (Å²) in [6, 6.07) is 0. The zero-order valence-electron chi connectivity index (χ0n) is 12.9. The summed E-state index contributed by atoms with van der Waals surface area (Å²) in [5.74, 6) is -10.0. The summed E-state index contributed by atoms with van der Waals surface area (Å²) < 4.78 is 0. The predicted molar refractivity (Wildman–Crippen MR) is 107 cm³/mol. The number of hydrogen-bond acceptors (Lipinski definition) is 8. The number of aliphatic hydroxyl groups is 2. The molecule has 0 aromatic rings. The van der Waals surface area contributed by atoms with Crippen molar-refractivity contribution in [1.82, 2.24) is 0 Å². The first-order chi connectivity index (χ1) is 11.6. The second kappa shape index (κ2) is 19.7. The van der Waals surface area contributed by atoms with Gasteiger partial charge in [0.25, 0.3) is 0 Å². The molecular formula is C12H23Mg3NaO14. The normalized spacial score (nSPS) is 9.40. The van der Waals surface area contributed by atoms with Crippen molar-refractivity contribution in [2.75, 3.05) is 0 Å². The second-order valence-corrected chi connectivity index (χ2v) is 4.96. The predicted octanol–water partition coefficient (Wildman–Crippen LogP) is -5.89. The van der Waals surface area contributed by atoms with E-state index >= 15 is 0 Å². The second-order valence-electron chi connectivity index (χ2n) is 4.96. The molecule has 0 aromatic carbocycles. The van der Waals surface area contributed by atoms with Crippen molar-refractivity contribution in [3.05, 3.63) is 0 Å². The molecule has 18 heteroatoms. The fourth-order valence-corrected chi connectivity index (χ4v) is 1.43. The molecule has 0 aliphatic heterocycles. The van der Waals surface area contributed by atoms with Gasteiger partial charge < -0.3 is 40.9 Å². The van der Waals surface area contributed by atoms with E-state index in [1.165, 1.54) is 0 Å². The molecule has 0 fully saturated rings. The van der Waals surface area contributed by atoms with E-state index in [1.807, 2.05) is 0 Å². The molecule has 0 heterocycles. The molecule has 0 spiro atoms. The molecule has 0 radical (unpaired) electrons. The van der Waals surface area contributed by atoms with Gasteiger partial charge in [-0.3, -0.25) is 19.2 Å². The zero-order valence-corrected chi connectivity index (χ0v) is 12.9. The molecule has 14 nitrogen and oxygen atoms in total. The number of carboxylic acid groups (broad SMARTS) is 6. The van der Waals surface area contributed by atoms with E-state index in [0.29, 0.717) is 0 Å². The van der Waals surface area contributed by atoms with Crippen LogP contribution in [-0.4, -0.2) is 187 Å². The Morgan fingerprint density at radius 3 is 0.667 bits per heavy atom. The van der Waals surface area contributed by atoms with E-state index in [4.69, 9.17) is 40.9 Å². The van der Waals surface area contributed by atoms with E-state index in [2.05, 4.69) is 0 Å². The first-order valence-corrected chi connectivity index (χ1v) is 6.34. The van der Waals surface area contributed by atoms with Crippen molar-refractivity contribution in [3.63, 3.8) is 0 Å². The third-order valence-electron chi connectivity index (χ3n) is 2.57. The van der Waals surface area contributed by atoms with E-state index < -0.39 is 72.7 Å². The van der Waals surface area contributed by atoms with Crippen LogP contribution in [0.3, 0.4) is 0 Å². The summed E-state index contributed by atoms with van der Waals surface area (Å²) in [4.78, 5) is 61.0. The van der Waals surface area contributed by atoms with Gasteiger partial charge in [-0.05, 0) is 0 Å². The fourth-order valence-electron chi connectivity index (χ4n) is 1.43. The summed E-state index contributed by atoms with van der Waals surface area (Å²) in [6.45, 7) is 0. The van der Waals surface area contributed by atoms with Gasteiger partial charge in [0, 0.05) is 0 Å². The molecule has 0 aromatic heterocycles. The van der Waals surface area contributed by atoms with Gasteiger partial charge >= 0.3 is 135 Å². The molecule has 0 aliphatic rings. The monoisotopic (exact) mass is 486 g/mol. The summed E-state index contributed by atoms with van der Waals surface area (Å²) in [5, 5.41) is 67.6. The molecule has 0 amide bonds. The van der Waals surface area contributed by atoms with Crippen LogP contribution in [0.4, 0.5) is 0 Å². The average Bonchev–Trinajstić information content (AvgIpc) is 2.34. The van der Waals surface area contributed by atoms with Gasteiger partial charge in [-0.15, -0.1) is 0 Å². The SMILES string of the molecule is O=C(O)CC(O)(CC(=O)O)C(=O)O.O=C(O)CC(O)(CC(=O)O)C(=O)O.[MgH2].[MgH2].[MgH2].[NaH]. The van der Waals surface area contributed by atoms with Crippen molar-refractivity contribution in [1.29, 1.82) is 0 Å². The third-order valence-corrected chi connectivity index (χ3v) is 2.57. The molecule has 30 heavy (non-hydrogen) atoms. The van der Waals surface area contributed by atoms with Crippen molar-refractivity contribution < 1.29 is 69.6 Å². The Bertz CT molecular complexity index is 527. The van der Waals surface area contributed by atoms with Crippen LogP contribution in [-0.2, 0) is 28.8 Å². The van der Waals surface area contributed by atoms with Crippen LogP contribution in [0.5, 0.6) is 0 Å². The molecule has 8 N–H and O–H groups in total. The molecule has 0 atom stereocenters. The molecule has 0 unspecified atom stereocenters. The average molecular weight is 487 g/mol. The molecule has 0 saturated heterocycles. The van der Waals surface area contributed by atoms with Crippen molar-refractivity contribution >= 4 is 135 Å². The first-order valence-electron chi connectivity index (χ1n) is 6.34. The third kappa shape index (κ3) is 20.0. The Hall–Kier alpha value is 0.0387. The number of hydrogen-bond donors (Lipinski definition) is 8. The van der Waals surface area contributed by atoms with Crippen molar-refractivity contribution in [2.45, 2.75) is 36.9 Å². The van der Waals surface area contributed by atoms with Gasteiger partial charge in [0.2, 0.25) is 0 Å². The van der Waals surface area contributed by atoms with Crippen LogP contribution >= 0.6 is 0 Å². The molecule has 0 aliphatic carbocycles. The molecule has 162 valence electrons. The van der Waals surface area contributed by atoms with Gasteiger partial charge in [0.05, 0.1) is 25.7 Å². The quantitative estimate of drug-likeness (QED) is 0.133. The van der Waals surface area contributed by atoms with Gasteiger partial charge in [-0.1, -0.05) is 0 Å². The Morgan fingerprint density at radius 1 is 0.467 bits per heavy atom. The first kappa shape index (κ1) is 43.8. The summed E-state index contributed by atoms with van der Waals surface area (Å²) >= 11 is 0. The van der Waals surface area contributed by atoms with Crippen LogP contribution in [0.1, 0.15) is 25.7 Å². The Labute approximate surface area is 238 Å². The van der Waals surface area contributed by atoms with Gasteiger partial charge in [-0.25, -0.2) is 9.59 Å². The van der Waals surface area contributed by atoms with Gasteiger partial charge in [0.1, 0.15) is 0 Å². The Kier molecular flexibility index (Phi) is 28.8. The molecule has 0 rings (SSSR count). The number of rotatable bonds is 10. The van der Waals surface area contributed by atoms with E-state index in [0.717, 1.165) is 0 Å². The van der Waals surface area contributed by atoms with Crippen LogP contribution in [0, 0.1) is 0 Å². The number of carboxylic acids is 6. The van der Waals surface area contributed by atoms with E-state index in [1.54, 1.807) is 0 Å². The van der Waals surface area contributed by atoms with Crippen molar-refractivity contribution in [2.24, 2.45) is 0 Å². The zero-order chi connectivity index (χ0) is 21.3. The fraction of sp³-hybridized carbons (Fsp3) is 0.500. The van der Waals surface area contributed by atoms with Gasteiger partial charge in [0.15, 0.2) is 11.2 Å². The van der Waals surface area contributed by atoms with Crippen molar-refractivity contribution in [3.8, 4) is 0 Å². The molecular weight excluding hydrogens is 464 g/mol.